The van der Waals surface area contributed by atoms with Crippen molar-refractivity contribution >= 4 is 44.9 Å². The van der Waals surface area contributed by atoms with Crippen LogP contribution in [0.2, 0.25) is 0 Å². The first-order chi connectivity index (χ1) is 17.8. The molecule has 0 amide bonds. The topological polar surface area (TPSA) is 89.5 Å². The summed E-state index contributed by atoms with van der Waals surface area (Å²) in [7, 11) is 0. The van der Waals surface area contributed by atoms with Gasteiger partial charge in [-0.05, 0) is 59.6 Å². The number of benzene rings is 3. The molecule has 0 saturated carbocycles. The first kappa shape index (κ1) is 22.0. The summed E-state index contributed by atoms with van der Waals surface area (Å²) in [6, 6.07) is 24.0. The van der Waals surface area contributed by atoms with Crippen LogP contribution in [-0.4, -0.2) is 47.7 Å². The molecule has 36 heavy (non-hydrogen) atoms. The number of para-hydroxylation sites is 2. The van der Waals surface area contributed by atoms with Crippen molar-refractivity contribution in [2.24, 2.45) is 5.18 Å². The Bertz CT molecular complexity index is 1500. The summed E-state index contributed by atoms with van der Waals surface area (Å²) in [4.78, 5) is 28.5. The van der Waals surface area contributed by atoms with Gasteiger partial charge in [-0.2, -0.15) is 4.98 Å². The van der Waals surface area contributed by atoms with Gasteiger partial charge in [0.25, 0.3) is 0 Å². The fraction of sp³-hybridized carbons (Fsp3) is 0.214. The van der Waals surface area contributed by atoms with Crippen molar-refractivity contribution in [2.75, 3.05) is 47.8 Å². The summed E-state index contributed by atoms with van der Waals surface area (Å²) in [6.45, 7) is 4.13. The molecule has 180 valence electrons. The molecule has 2 N–H and O–H groups in total. The van der Waals surface area contributed by atoms with Crippen molar-refractivity contribution in [2.45, 2.75) is 6.42 Å². The van der Waals surface area contributed by atoms with Crippen LogP contribution in [0.25, 0.3) is 21.8 Å². The molecule has 0 unspecified atom stereocenters. The molecule has 6 rings (SSSR count). The lowest BCUT2D eigenvalue weighted by molar-refractivity contribution is 0.641. The maximum atomic E-state index is 10.7. The number of hydrogen-bond acceptors (Lipinski definition) is 7. The molecule has 0 radical (unpaired) electrons. The number of hydrogen-bond donors (Lipinski definition) is 2. The molecule has 5 aromatic rings. The van der Waals surface area contributed by atoms with E-state index in [1.54, 1.807) is 12.1 Å². The van der Waals surface area contributed by atoms with Crippen LogP contribution in [0.4, 0.5) is 23.1 Å². The van der Waals surface area contributed by atoms with E-state index in [-0.39, 0.29) is 0 Å². The highest BCUT2D eigenvalue weighted by molar-refractivity contribution is 5.90. The third kappa shape index (κ3) is 4.33. The number of H-pyrrole nitrogens is 1. The maximum Gasteiger partial charge on any atom is 0.228 e. The van der Waals surface area contributed by atoms with E-state index < -0.39 is 0 Å². The Balaban J connectivity index is 1.18. The van der Waals surface area contributed by atoms with Gasteiger partial charge < -0.3 is 20.1 Å². The fourth-order valence-corrected chi connectivity index (χ4v) is 4.88. The van der Waals surface area contributed by atoms with E-state index in [1.165, 1.54) is 10.9 Å². The van der Waals surface area contributed by atoms with Crippen molar-refractivity contribution in [3.8, 4) is 0 Å². The zero-order valence-corrected chi connectivity index (χ0v) is 19.9. The number of nitroso groups, excluding NO2 is 1. The lowest BCUT2D eigenvalue weighted by atomic mass is 10.1. The molecule has 0 atom stereocenters. The van der Waals surface area contributed by atoms with E-state index in [9.17, 15) is 4.91 Å². The molecule has 3 aromatic carbocycles. The lowest BCUT2D eigenvalue weighted by Crippen LogP contribution is -2.47. The van der Waals surface area contributed by atoms with Gasteiger partial charge in [0.2, 0.25) is 5.95 Å². The van der Waals surface area contributed by atoms with E-state index >= 15 is 0 Å². The highest BCUT2D eigenvalue weighted by Gasteiger charge is 2.21. The van der Waals surface area contributed by atoms with Crippen LogP contribution in [0.3, 0.4) is 0 Å². The predicted octanol–water partition coefficient (Wildman–Crippen LogP) is 5.49. The third-order valence-corrected chi connectivity index (χ3v) is 6.84. The van der Waals surface area contributed by atoms with Crippen LogP contribution in [-0.2, 0) is 6.42 Å². The zero-order chi connectivity index (χ0) is 24.3. The maximum absolute atomic E-state index is 10.7. The monoisotopic (exact) mass is 477 g/mol. The Morgan fingerprint density at radius 1 is 0.833 bits per heavy atom. The zero-order valence-electron chi connectivity index (χ0n) is 19.9. The van der Waals surface area contributed by atoms with Crippen molar-refractivity contribution < 1.29 is 0 Å². The molecule has 1 fully saturated rings. The fourth-order valence-electron chi connectivity index (χ4n) is 4.88. The summed E-state index contributed by atoms with van der Waals surface area (Å²) in [5.41, 5.74) is 4.95. The first-order valence-electron chi connectivity index (χ1n) is 12.3. The number of nitrogens with zero attached hydrogens (tertiary/aromatic N) is 5. The molecule has 0 aliphatic carbocycles. The highest BCUT2D eigenvalue weighted by atomic mass is 16.3. The average Bonchev–Trinajstić information content (AvgIpc) is 3.36. The van der Waals surface area contributed by atoms with Gasteiger partial charge in [0.15, 0.2) is 0 Å². The molecule has 2 aromatic heterocycles. The van der Waals surface area contributed by atoms with Gasteiger partial charge in [0.1, 0.15) is 11.5 Å². The smallest absolute Gasteiger partial charge is 0.228 e. The Morgan fingerprint density at radius 3 is 2.36 bits per heavy atom. The van der Waals surface area contributed by atoms with Crippen LogP contribution in [0.1, 0.15) is 5.56 Å². The van der Waals surface area contributed by atoms with Gasteiger partial charge in [-0.15, -0.1) is 4.91 Å². The number of aromatic nitrogens is 3. The highest BCUT2D eigenvalue weighted by Crippen LogP contribution is 2.26. The van der Waals surface area contributed by atoms with Crippen LogP contribution >= 0.6 is 0 Å². The van der Waals surface area contributed by atoms with Crippen LogP contribution in [0, 0.1) is 4.91 Å². The molecule has 8 nitrogen and oxygen atoms in total. The van der Waals surface area contributed by atoms with E-state index in [1.807, 2.05) is 30.3 Å². The standard InChI is InChI=1S/C28H27N7O/c36-33-21-9-11-22(12-10-21)34-15-17-35(18-16-34)28-31-26-8-4-2-6-24(26)27(32-28)29-14-13-20-19-30-25-7-3-1-5-23(20)25/h1-12,19,30H,13-18H2,(H,29,31,32). The summed E-state index contributed by atoms with van der Waals surface area (Å²) in [6.07, 6.45) is 2.99. The second kappa shape index (κ2) is 9.65. The lowest BCUT2D eigenvalue weighted by Gasteiger charge is -2.36. The Kier molecular flexibility index (Phi) is 5.91. The van der Waals surface area contributed by atoms with Crippen molar-refractivity contribution in [3.63, 3.8) is 0 Å². The molecule has 1 saturated heterocycles. The van der Waals surface area contributed by atoms with E-state index in [4.69, 9.17) is 9.97 Å². The van der Waals surface area contributed by atoms with Gasteiger partial charge in [-0.3, -0.25) is 0 Å². The molecular formula is C28H27N7O. The molecule has 8 heteroatoms. The van der Waals surface area contributed by atoms with Crippen LogP contribution in [0.5, 0.6) is 0 Å². The predicted molar refractivity (Wildman–Crippen MR) is 146 cm³/mol. The Morgan fingerprint density at radius 2 is 1.56 bits per heavy atom. The van der Waals surface area contributed by atoms with Gasteiger partial charge in [-0.25, -0.2) is 4.98 Å². The Labute approximate surface area is 209 Å². The van der Waals surface area contributed by atoms with Gasteiger partial charge in [-0.1, -0.05) is 30.3 Å². The van der Waals surface area contributed by atoms with E-state index in [0.717, 1.165) is 73.0 Å². The normalized spacial score (nSPS) is 13.9. The van der Waals surface area contributed by atoms with E-state index in [2.05, 4.69) is 61.8 Å². The first-order valence-corrected chi connectivity index (χ1v) is 12.3. The number of piperazine rings is 1. The van der Waals surface area contributed by atoms with E-state index in [0.29, 0.717) is 5.69 Å². The molecule has 0 spiro atoms. The van der Waals surface area contributed by atoms with Crippen molar-refractivity contribution in [3.05, 3.63) is 89.5 Å². The summed E-state index contributed by atoms with van der Waals surface area (Å²) in [5.74, 6) is 1.62. The number of nitrogens with one attached hydrogen (secondary N) is 2. The van der Waals surface area contributed by atoms with Crippen molar-refractivity contribution in [1.82, 2.24) is 15.0 Å². The summed E-state index contributed by atoms with van der Waals surface area (Å²) < 4.78 is 0. The van der Waals surface area contributed by atoms with Crippen LogP contribution in [0.15, 0.2) is 84.2 Å². The van der Waals surface area contributed by atoms with Gasteiger partial charge in [0, 0.05) is 60.9 Å². The Hall–Kier alpha value is -4.46. The summed E-state index contributed by atoms with van der Waals surface area (Å²) in [5, 5.41) is 8.87. The molecular weight excluding hydrogens is 450 g/mol. The van der Waals surface area contributed by atoms with Gasteiger partial charge in [0.05, 0.1) is 5.52 Å². The number of aromatic amines is 1. The minimum atomic E-state index is 0.451. The number of fused-ring (bicyclic) bond motifs is 2. The van der Waals surface area contributed by atoms with Crippen molar-refractivity contribution in [1.29, 1.82) is 0 Å². The van der Waals surface area contributed by atoms with Gasteiger partial charge >= 0.3 is 0 Å². The average molecular weight is 478 g/mol. The molecule has 3 heterocycles. The largest absolute Gasteiger partial charge is 0.369 e. The SMILES string of the molecule is O=Nc1ccc(N2CCN(c3nc(NCCc4c[nH]c5ccccc45)c4ccccc4n3)CC2)cc1. The van der Waals surface area contributed by atoms with Crippen LogP contribution < -0.4 is 15.1 Å². The number of rotatable bonds is 7. The quantitative estimate of drug-likeness (QED) is 0.301. The molecule has 1 aliphatic rings. The minimum absolute atomic E-state index is 0.451. The second-order valence-electron chi connectivity index (χ2n) is 9.01. The molecule has 1 aliphatic heterocycles. The second-order valence-corrected chi connectivity index (χ2v) is 9.01. The number of anilines is 3. The molecule has 0 bridgehead atoms. The summed E-state index contributed by atoms with van der Waals surface area (Å²) >= 11 is 0. The third-order valence-electron chi connectivity index (χ3n) is 6.84. The minimum Gasteiger partial charge on any atom is -0.369 e.